The van der Waals surface area contributed by atoms with E-state index in [0.29, 0.717) is 17.5 Å². The highest BCUT2D eigenvalue weighted by Gasteiger charge is 2.26. The largest absolute Gasteiger partial charge is 0.380 e. The van der Waals surface area contributed by atoms with Crippen molar-refractivity contribution >= 4 is 0 Å². The average Bonchev–Trinajstić information content (AvgIpc) is 2.67. The van der Waals surface area contributed by atoms with Gasteiger partial charge in [0.15, 0.2) is 0 Å². The highest BCUT2D eigenvalue weighted by atomic mass is 16.5. The molecule has 1 rings (SSSR count). The second-order valence-electron chi connectivity index (χ2n) is 6.13. The number of nitrogens with zero attached hydrogens (tertiary/aromatic N) is 1. The molecule has 16 heavy (non-hydrogen) atoms. The van der Waals surface area contributed by atoms with Crippen molar-refractivity contribution in [3.8, 4) is 0 Å². The Morgan fingerprint density at radius 3 is 2.62 bits per heavy atom. The summed E-state index contributed by atoms with van der Waals surface area (Å²) in [6.45, 7) is 13.1. The molecule has 0 aromatic carbocycles. The van der Waals surface area contributed by atoms with E-state index in [0.717, 1.165) is 26.3 Å². The highest BCUT2D eigenvalue weighted by molar-refractivity contribution is 4.81. The summed E-state index contributed by atoms with van der Waals surface area (Å²) in [6.07, 6.45) is 1.18. The van der Waals surface area contributed by atoms with Crippen LogP contribution in [0.15, 0.2) is 0 Å². The fourth-order valence-electron chi connectivity index (χ4n) is 2.21. The van der Waals surface area contributed by atoms with Crippen LogP contribution in [0.2, 0.25) is 0 Å². The maximum Gasteiger partial charge on any atom is 0.0622 e. The molecule has 0 bridgehead atoms. The molecule has 0 aliphatic carbocycles. The molecule has 0 aromatic heterocycles. The minimum Gasteiger partial charge on any atom is -0.380 e. The maximum atomic E-state index is 5.43. The molecule has 0 spiro atoms. The first-order valence-corrected chi connectivity index (χ1v) is 6.42. The van der Waals surface area contributed by atoms with Crippen molar-refractivity contribution in [2.75, 3.05) is 33.4 Å². The molecule has 0 saturated carbocycles. The smallest absolute Gasteiger partial charge is 0.0622 e. The monoisotopic (exact) mass is 228 g/mol. The van der Waals surface area contributed by atoms with Crippen LogP contribution in [0.1, 0.15) is 34.1 Å². The second-order valence-corrected chi connectivity index (χ2v) is 6.13. The van der Waals surface area contributed by atoms with Gasteiger partial charge in [-0.25, -0.2) is 0 Å². The quantitative estimate of drug-likeness (QED) is 0.749. The molecule has 0 radical (unpaired) electrons. The summed E-state index contributed by atoms with van der Waals surface area (Å²) in [5.41, 5.74) is 0.321. The second kappa shape index (κ2) is 5.99. The van der Waals surface area contributed by atoms with Crippen molar-refractivity contribution in [1.82, 2.24) is 10.2 Å². The van der Waals surface area contributed by atoms with Gasteiger partial charge in [-0.05, 0) is 18.9 Å². The summed E-state index contributed by atoms with van der Waals surface area (Å²) >= 11 is 0. The summed E-state index contributed by atoms with van der Waals surface area (Å²) in [5.74, 6) is 0. The van der Waals surface area contributed by atoms with Crippen molar-refractivity contribution in [2.45, 2.75) is 46.2 Å². The van der Waals surface area contributed by atoms with Crippen molar-refractivity contribution in [3.05, 3.63) is 0 Å². The van der Waals surface area contributed by atoms with Gasteiger partial charge in [0.1, 0.15) is 0 Å². The van der Waals surface area contributed by atoms with E-state index < -0.39 is 0 Å². The van der Waals surface area contributed by atoms with Gasteiger partial charge in [0, 0.05) is 31.8 Å². The zero-order valence-electron chi connectivity index (χ0n) is 11.5. The van der Waals surface area contributed by atoms with E-state index >= 15 is 0 Å². The Kier molecular flexibility index (Phi) is 5.22. The van der Waals surface area contributed by atoms with E-state index in [4.69, 9.17) is 4.74 Å². The van der Waals surface area contributed by atoms with E-state index in [2.05, 4.69) is 45.0 Å². The van der Waals surface area contributed by atoms with E-state index in [9.17, 15) is 0 Å². The first kappa shape index (κ1) is 13.9. The van der Waals surface area contributed by atoms with Crippen LogP contribution >= 0.6 is 0 Å². The van der Waals surface area contributed by atoms with E-state index in [1.165, 1.54) is 6.42 Å². The standard InChI is InChI=1S/C13H28N2O/c1-11(2)14-9-13(3,4)10-15(5)12-6-7-16-8-12/h11-12,14H,6-10H2,1-5H3. The molecule has 0 amide bonds. The first-order valence-electron chi connectivity index (χ1n) is 6.42. The Bertz CT molecular complexity index is 198. The lowest BCUT2D eigenvalue weighted by Crippen LogP contribution is -2.44. The fraction of sp³-hybridized carbons (Fsp3) is 1.00. The Balaban J connectivity index is 2.32. The van der Waals surface area contributed by atoms with Gasteiger partial charge >= 0.3 is 0 Å². The Morgan fingerprint density at radius 1 is 1.44 bits per heavy atom. The molecule has 1 heterocycles. The number of nitrogens with one attached hydrogen (secondary N) is 1. The normalized spacial score (nSPS) is 22.3. The molecule has 1 aliphatic rings. The molecule has 1 saturated heterocycles. The molecular formula is C13H28N2O. The zero-order chi connectivity index (χ0) is 12.2. The number of ether oxygens (including phenoxy) is 1. The van der Waals surface area contributed by atoms with E-state index in [-0.39, 0.29) is 0 Å². The number of likely N-dealkylation sites (N-methyl/N-ethyl adjacent to an activating group) is 1. The summed E-state index contributed by atoms with van der Waals surface area (Å²) in [5, 5.41) is 3.52. The molecule has 3 heteroatoms. The topological polar surface area (TPSA) is 24.5 Å². The maximum absolute atomic E-state index is 5.43. The van der Waals surface area contributed by atoms with Crippen LogP contribution in [0.4, 0.5) is 0 Å². The van der Waals surface area contributed by atoms with Crippen LogP contribution in [0.5, 0.6) is 0 Å². The van der Waals surface area contributed by atoms with E-state index in [1.807, 2.05) is 0 Å². The third kappa shape index (κ3) is 4.81. The Hall–Kier alpha value is -0.120. The summed E-state index contributed by atoms with van der Waals surface area (Å²) in [7, 11) is 2.22. The predicted octanol–water partition coefficient (Wildman–Crippen LogP) is 1.73. The number of rotatable bonds is 6. The fourth-order valence-corrected chi connectivity index (χ4v) is 2.21. The van der Waals surface area contributed by atoms with Crippen LogP contribution in [-0.4, -0.2) is 50.3 Å². The van der Waals surface area contributed by atoms with E-state index in [1.54, 1.807) is 0 Å². The van der Waals surface area contributed by atoms with Crippen molar-refractivity contribution < 1.29 is 4.74 Å². The third-order valence-electron chi connectivity index (χ3n) is 3.20. The zero-order valence-corrected chi connectivity index (χ0v) is 11.5. The van der Waals surface area contributed by atoms with Gasteiger partial charge < -0.3 is 15.0 Å². The van der Waals surface area contributed by atoms with Crippen molar-refractivity contribution in [3.63, 3.8) is 0 Å². The first-order chi connectivity index (χ1) is 7.41. The molecule has 1 aliphatic heterocycles. The summed E-state index contributed by atoms with van der Waals surface area (Å²) in [6, 6.07) is 1.19. The molecule has 1 unspecified atom stereocenters. The predicted molar refractivity (Wildman–Crippen MR) is 68.8 cm³/mol. The van der Waals surface area contributed by atoms with Gasteiger partial charge in [-0.2, -0.15) is 0 Å². The van der Waals surface area contributed by atoms with Gasteiger partial charge in [-0.3, -0.25) is 0 Å². The van der Waals surface area contributed by atoms with Gasteiger partial charge in [-0.15, -0.1) is 0 Å². The lowest BCUT2D eigenvalue weighted by molar-refractivity contribution is 0.127. The minimum atomic E-state index is 0.321. The lowest BCUT2D eigenvalue weighted by atomic mass is 9.92. The Labute approximate surface area is 101 Å². The Morgan fingerprint density at radius 2 is 2.12 bits per heavy atom. The van der Waals surface area contributed by atoms with Gasteiger partial charge in [-0.1, -0.05) is 27.7 Å². The lowest BCUT2D eigenvalue weighted by Gasteiger charge is -2.34. The minimum absolute atomic E-state index is 0.321. The van der Waals surface area contributed by atoms with Gasteiger partial charge in [0.25, 0.3) is 0 Å². The molecule has 0 aromatic rings. The van der Waals surface area contributed by atoms with Crippen LogP contribution < -0.4 is 5.32 Å². The van der Waals surface area contributed by atoms with Gasteiger partial charge in [0.2, 0.25) is 0 Å². The molecule has 96 valence electrons. The van der Waals surface area contributed by atoms with Crippen LogP contribution in [0, 0.1) is 5.41 Å². The van der Waals surface area contributed by atoms with Crippen LogP contribution in [0.25, 0.3) is 0 Å². The molecule has 3 nitrogen and oxygen atoms in total. The summed E-state index contributed by atoms with van der Waals surface area (Å²) in [4.78, 5) is 2.45. The number of hydrogen-bond acceptors (Lipinski definition) is 3. The molecule has 1 fully saturated rings. The van der Waals surface area contributed by atoms with Crippen LogP contribution in [-0.2, 0) is 4.74 Å². The summed E-state index contributed by atoms with van der Waals surface area (Å²) < 4.78 is 5.43. The SMILES string of the molecule is CC(C)NCC(C)(C)CN(C)C1CCOC1. The molecule has 1 atom stereocenters. The molecular weight excluding hydrogens is 200 g/mol. The number of hydrogen-bond donors (Lipinski definition) is 1. The third-order valence-corrected chi connectivity index (χ3v) is 3.20. The highest BCUT2D eigenvalue weighted by Crippen LogP contribution is 2.19. The van der Waals surface area contributed by atoms with Crippen LogP contribution in [0.3, 0.4) is 0 Å². The molecule has 1 N–H and O–H groups in total. The van der Waals surface area contributed by atoms with Crippen molar-refractivity contribution in [1.29, 1.82) is 0 Å². The van der Waals surface area contributed by atoms with Gasteiger partial charge in [0.05, 0.1) is 6.61 Å². The average molecular weight is 228 g/mol. The van der Waals surface area contributed by atoms with Crippen molar-refractivity contribution in [2.24, 2.45) is 5.41 Å².